The van der Waals surface area contributed by atoms with Gasteiger partial charge in [0.15, 0.2) is 11.6 Å². The van der Waals surface area contributed by atoms with Crippen LogP contribution in [-0.2, 0) is 6.42 Å². The van der Waals surface area contributed by atoms with Crippen LogP contribution >= 0.6 is 31.9 Å². The molecule has 0 spiro atoms. The van der Waals surface area contributed by atoms with Gasteiger partial charge in [0.1, 0.15) is 10.3 Å². The number of H-pyrrole nitrogens is 1. The molecule has 0 bridgehead atoms. The van der Waals surface area contributed by atoms with Gasteiger partial charge in [-0.15, -0.1) is 0 Å². The second kappa shape index (κ2) is 6.13. The summed E-state index contributed by atoms with van der Waals surface area (Å²) in [6.07, 6.45) is 1.42. The van der Waals surface area contributed by atoms with Crippen molar-refractivity contribution < 1.29 is 8.78 Å². The number of hydrogen-bond acceptors (Lipinski definition) is 2. The van der Waals surface area contributed by atoms with E-state index in [9.17, 15) is 13.6 Å². The third-order valence-electron chi connectivity index (χ3n) is 2.71. The number of rotatable bonds is 3. The van der Waals surface area contributed by atoms with Crippen molar-refractivity contribution in [3.05, 3.63) is 48.8 Å². The van der Waals surface area contributed by atoms with Crippen molar-refractivity contribution in [2.24, 2.45) is 0 Å². The van der Waals surface area contributed by atoms with Crippen LogP contribution in [0.25, 0.3) is 11.4 Å². The van der Waals surface area contributed by atoms with Crippen LogP contribution in [0.2, 0.25) is 0 Å². The number of aromatic nitrogens is 2. The van der Waals surface area contributed by atoms with Crippen LogP contribution in [0.5, 0.6) is 0 Å². The molecule has 0 aliphatic carbocycles. The fraction of sp³-hybridized carbons (Fsp3) is 0.231. The summed E-state index contributed by atoms with van der Waals surface area (Å²) in [6, 6.07) is 2.36. The third kappa shape index (κ3) is 2.83. The van der Waals surface area contributed by atoms with Gasteiger partial charge in [0.25, 0.3) is 5.56 Å². The second-order valence-electron chi connectivity index (χ2n) is 4.15. The SMILES string of the molecule is CCCc1nc(-c2ccc(F)c(F)c2Br)[nH]c(=O)c1Br. The predicted molar refractivity (Wildman–Crippen MR) is 79.6 cm³/mol. The molecule has 0 aliphatic heterocycles. The number of nitrogens with one attached hydrogen (secondary N) is 1. The molecular formula is C13H10Br2F2N2O. The minimum atomic E-state index is -1.01. The van der Waals surface area contributed by atoms with Gasteiger partial charge in [0.2, 0.25) is 0 Å². The van der Waals surface area contributed by atoms with Gasteiger partial charge in [-0.05, 0) is 50.4 Å². The number of aromatic amines is 1. The fourth-order valence-corrected chi connectivity index (χ4v) is 2.64. The zero-order valence-electron chi connectivity index (χ0n) is 10.4. The standard InChI is InChI=1S/C13H10Br2F2N2O/c1-2-3-8-10(15)13(20)19-12(18-8)6-4-5-7(16)11(17)9(6)14/h4-5H,2-3H2,1H3,(H,18,19,20). The summed E-state index contributed by atoms with van der Waals surface area (Å²) in [7, 11) is 0. The Hall–Kier alpha value is -1.08. The Balaban J connectivity index is 2.65. The van der Waals surface area contributed by atoms with Gasteiger partial charge in [-0.2, -0.15) is 0 Å². The van der Waals surface area contributed by atoms with Gasteiger partial charge in [0.05, 0.1) is 10.2 Å². The lowest BCUT2D eigenvalue weighted by Gasteiger charge is -2.08. The molecule has 0 atom stereocenters. The van der Waals surface area contributed by atoms with Crippen LogP contribution in [0.1, 0.15) is 19.0 Å². The smallest absolute Gasteiger partial charge is 0.265 e. The average molecular weight is 408 g/mol. The minimum absolute atomic E-state index is 0.0644. The molecular weight excluding hydrogens is 398 g/mol. The van der Waals surface area contributed by atoms with E-state index in [0.717, 1.165) is 12.5 Å². The fourth-order valence-electron chi connectivity index (χ4n) is 1.74. The minimum Gasteiger partial charge on any atom is -0.305 e. The molecule has 1 heterocycles. The molecule has 0 fully saturated rings. The van der Waals surface area contributed by atoms with E-state index in [1.54, 1.807) is 0 Å². The average Bonchev–Trinajstić information content (AvgIpc) is 2.41. The van der Waals surface area contributed by atoms with E-state index in [0.29, 0.717) is 22.2 Å². The van der Waals surface area contributed by atoms with Crippen molar-refractivity contribution in [1.82, 2.24) is 9.97 Å². The van der Waals surface area contributed by atoms with Crippen molar-refractivity contribution in [1.29, 1.82) is 0 Å². The van der Waals surface area contributed by atoms with Gasteiger partial charge in [-0.1, -0.05) is 13.3 Å². The molecule has 0 radical (unpaired) electrons. The monoisotopic (exact) mass is 406 g/mol. The highest BCUT2D eigenvalue weighted by molar-refractivity contribution is 9.10. The first-order valence-electron chi connectivity index (χ1n) is 5.88. The Morgan fingerprint density at radius 1 is 1.25 bits per heavy atom. The largest absolute Gasteiger partial charge is 0.305 e. The van der Waals surface area contributed by atoms with Crippen molar-refractivity contribution >= 4 is 31.9 Å². The van der Waals surface area contributed by atoms with Crippen LogP contribution in [0, 0.1) is 11.6 Å². The summed E-state index contributed by atoms with van der Waals surface area (Å²) >= 11 is 6.17. The van der Waals surface area contributed by atoms with Crippen molar-refractivity contribution in [2.45, 2.75) is 19.8 Å². The molecule has 0 unspecified atom stereocenters. The van der Waals surface area contributed by atoms with Gasteiger partial charge in [-0.3, -0.25) is 4.79 Å². The van der Waals surface area contributed by atoms with Crippen molar-refractivity contribution in [2.75, 3.05) is 0 Å². The van der Waals surface area contributed by atoms with Crippen molar-refractivity contribution in [3.8, 4) is 11.4 Å². The lowest BCUT2D eigenvalue weighted by molar-refractivity contribution is 0.504. The number of nitrogens with zero attached hydrogens (tertiary/aromatic N) is 1. The molecule has 1 N–H and O–H groups in total. The van der Waals surface area contributed by atoms with E-state index in [1.165, 1.54) is 6.07 Å². The number of halogens is 4. The normalized spacial score (nSPS) is 10.8. The maximum absolute atomic E-state index is 13.6. The molecule has 3 nitrogen and oxygen atoms in total. The van der Waals surface area contributed by atoms with Gasteiger partial charge >= 0.3 is 0 Å². The van der Waals surface area contributed by atoms with E-state index >= 15 is 0 Å². The highest BCUT2D eigenvalue weighted by Gasteiger charge is 2.16. The summed E-state index contributed by atoms with van der Waals surface area (Å²) in [5.74, 6) is -1.77. The van der Waals surface area contributed by atoms with Crippen LogP contribution in [0.15, 0.2) is 25.9 Å². The van der Waals surface area contributed by atoms with E-state index < -0.39 is 11.6 Å². The molecule has 20 heavy (non-hydrogen) atoms. The Labute approximate surface area is 130 Å². The van der Waals surface area contributed by atoms with Crippen LogP contribution in [0.3, 0.4) is 0 Å². The second-order valence-corrected chi connectivity index (χ2v) is 5.73. The molecule has 106 valence electrons. The first-order chi connectivity index (χ1) is 9.45. The molecule has 0 saturated heterocycles. The maximum atomic E-state index is 13.6. The Bertz CT molecular complexity index is 716. The predicted octanol–water partition coefficient (Wildman–Crippen LogP) is 4.19. The van der Waals surface area contributed by atoms with Crippen LogP contribution in [-0.4, -0.2) is 9.97 Å². The number of benzene rings is 1. The molecule has 2 aromatic rings. The van der Waals surface area contributed by atoms with Crippen LogP contribution in [0.4, 0.5) is 8.78 Å². The Morgan fingerprint density at radius 2 is 1.95 bits per heavy atom. The van der Waals surface area contributed by atoms with E-state index in [1.807, 2.05) is 6.92 Å². The molecule has 7 heteroatoms. The molecule has 0 saturated carbocycles. The highest BCUT2D eigenvalue weighted by atomic mass is 79.9. The molecule has 0 aliphatic rings. The lowest BCUT2D eigenvalue weighted by Crippen LogP contribution is -2.14. The third-order valence-corrected chi connectivity index (χ3v) is 4.30. The maximum Gasteiger partial charge on any atom is 0.265 e. The summed E-state index contributed by atoms with van der Waals surface area (Å²) in [6.45, 7) is 1.96. The van der Waals surface area contributed by atoms with E-state index in [-0.39, 0.29) is 15.9 Å². The van der Waals surface area contributed by atoms with Gasteiger partial charge < -0.3 is 4.98 Å². The molecule has 2 rings (SSSR count). The summed E-state index contributed by atoms with van der Waals surface area (Å²) in [4.78, 5) is 18.7. The lowest BCUT2D eigenvalue weighted by atomic mass is 10.2. The van der Waals surface area contributed by atoms with Crippen LogP contribution < -0.4 is 5.56 Å². The number of hydrogen-bond donors (Lipinski definition) is 1. The molecule has 1 aromatic heterocycles. The summed E-state index contributed by atoms with van der Waals surface area (Å²) in [5, 5.41) is 0. The Kier molecular flexibility index (Phi) is 4.70. The highest BCUT2D eigenvalue weighted by Crippen LogP contribution is 2.29. The Morgan fingerprint density at radius 3 is 2.60 bits per heavy atom. The summed E-state index contributed by atoms with van der Waals surface area (Å²) < 4.78 is 27.0. The van der Waals surface area contributed by atoms with Gasteiger partial charge in [-0.25, -0.2) is 13.8 Å². The van der Waals surface area contributed by atoms with E-state index in [2.05, 4.69) is 41.8 Å². The molecule has 0 amide bonds. The summed E-state index contributed by atoms with van der Waals surface area (Å²) in [5.41, 5.74) is 0.531. The topological polar surface area (TPSA) is 45.8 Å². The van der Waals surface area contributed by atoms with Gasteiger partial charge in [0, 0.05) is 5.56 Å². The quantitative estimate of drug-likeness (QED) is 0.775. The zero-order valence-corrected chi connectivity index (χ0v) is 13.6. The first-order valence-corrected chi connectivity index (χ1v) is 7.46. The molecule has 1 aromatic carbocycles. The van der Waals surface area contributed by atoms with E-state index in [4.69, 9.17) is 0 Å². The van der Waals surface area contributed by atoms with Crippen molar-refractivity contribution in [3.63, 3.8) is 0 Å². The first kappa shape index (κ1) is 15.3. The number of aryl methyl sites for hydroxylation is 1. The zero-order chi connectivity index (χ0) is 14.9.